The van der Waals surface area contributed by atoms with Crippen LogP contribution in [0.5, 0.6) is 0 Å². The molecule has 8 rings (SSSR count). The third-order valence-electron chi connectivity index (χ3n) is 7.26. The van der Waals surface area contributed by atoms with E-state index in [1.807, 2.05) is 79.9 Å². The Balaban J connectivity index is 0.000000135. The maximum absolute atomic E-state index is 8.63. The molecule has 0 aliphatic heterocycles. The molecule has 0 fully saturated rings. The van der Waals surface area contributed by atoms with Gasteiger partial charge in [-0.25, -0.2) is 19.0 Å². The summed E-state index contributed by atoms with van der Waals surface area (Å²) < 4.78 is 7.08. The Morgan fingerprint density at radius 1 is 0.604 bits per heavy atom. The van der Waals surface area contributed by atoms with Gasteiger partial charge in [-0.2, -0.15) is 20.4 Å². The van der Waals surface area contributed by atoms with Crippen LogP contribution in [0.15, 0.2) is 110 Å². The van der Waals surface area contributed by atoms with Gasteiger partial charge in [0.15, 0.2) is 5.15 Å². The van der Waals surface area contributed by atoms with Crippen molar-refractivity contribution in [1.82, 2.24) is 48.8 Å². The molecule has 0 atom stereocenters. The summed E-state index contributed by atoms with van der Waals surface area (Å²) in [6, 6.07) is 18.1. The minimum Gasteiger partial charge on any atom is -0.423 e. The molecular formula is C32H30BClN12O2. The summed E-state index contributed by atoms with van der Waals surface area (Å²) in [5.41, 5.74) is 20.7. The molecule has 16 heteroatoms. The number of rotatable bonds is 4. The van der Waals surface area contributed by atoms with Crippen molar-refractivity contribution in [2.75, 3.05) is 11.5 Å². The highest BCUT2D eigenvalue weighted by Gasteiger charge is 2.12. The molecular weight excluding hydrogens is 631 g/mol. The second-order valence-corrected chi connectivity index (χ2v) is 11.1. The molecule has 0 aliphatic carbocycles. The van der Waals surface area contributed by atoms with Crippen molar-refractivity contribution in [2.45, 2.75) is 0 Å². The number of nitrogens with zero attached hydrogens (tertiary/aromatic N) is 10. The molecule has 14 nitrogen and oxygen atoms in total. The average molecular weight is 661 g/mol. The Labute approximate surface area is 279 Å². The Hall–Kier alpha value is -6.03. The summed E-state index contributed by atoms with van der Waals surface area (Å²) in [6.07, 6.45) is 14.4. The van der Waals surface area contributed by atoms with E-state index in [1.165, 1.54) is 6.33 Å². The summed E-state index contributed by atoms with van der Waals surface area (Å²) in [5, 5.41) is 34.4. The first-order valence-corrected chi connectivity index (χ1v) is 14.9. The number of hydrogen-bond acceptors (Lipinski definition) is 10. The van der Waals surface area contributed by atoms with Crippen LogP contribution >= 0.6 is 11.6 Å². The first kappa shape index (κ1) is 31.9. The van der Waals surface area contributed by atoms with Crippen LogP contribution in [-0.4, -0.2) is 65.9 Å². The standard InChI is InChI=1S/C16H14N6.C10H8ClN5.C6H8BNO2/c1-21-8-13(7-19-21)12-6-15-16(18-10-20-22(15)9-12)11-2-4-14(17)5-3-11;1-15-4-8(3-13-15)7-2-9-10(11)12-6-14-16(9)5-7;8-6-3-1-5(2-4-6)7(9)10/h2-10H,17H2,1H3;2-6H,1H3;1-4,9-10H,8H2. The fraction of sp³-hybridized carbons (Fsp3) is 0.0625. The summed E-state index contributed by atoms with van der Waals surface area (Å²) >= 11 is 5.97. The van der Waals surface area contributed by atoms with Crippen molar-refractivity contribution in [2.24, 2.45) is 14.1 Å². The molecule has 240 valence electrons. The zero-order valence-electron chi connectivity index (χ0n) is 25.9. The van der Waals surface area contributed by atoms with E-state index in [9.17, 15) is 0 Å². The second-order valence-electron chi connectivity index (χ2n) is 10.7. The maximum atomic E-state index is 8.63. The number of aryl methyl sites for hydroxylation is 2. The van der Waals surface area contributed by atoms with E-state index in [0.717, 1.165) is 50.2 Å². The smallest absolute Gasteiger partial charge is 0.423 e. The fourth-order valence-corrected chi connectivity index (χ4v) is 5.00. The molecule has 0 saturated heterocycles. The molecule has 0 amide bonds. The van der Waals surface area contributed by atoms with Gasteiger partial charge in [-0.15, -0.1) is 0 Å². The largest absolute Gasteiger partial charge is 0.488 e. The van der Waals surface area contributed by atoms with Gasteiger partial charge in [0.05, 0.1) is 23.6 Å². The Kier molecular flexibility index (Phi) is 9.16. The number of nitrogen functional groups attached to an aromatic ring is 2. The van der Waals surface area contributed by atoms with Gasteiger partial charge < -0.3 is 21.5 Å². The van der Waals surface area contributed by atoms with Crippen molar-refractivity contribution >= 4 is 46.6 Å². The molecule has 8 aromatic rings. The van der Waals surface area contributed by atoms with E-state index in [-0.39, 0.29) is 0 Å². The van der Waals surface area contributed by atoms with Crippen LogP contribution in [0.2, 0.25) is 5.15 Å². The SMILES string of the molecule is Cn1cc(-c2cc3c(-c4ccc(N)cc4)ncnn3c2)cn1.Cn1cc(-c2cc3c(Cl)ncnn3c2)cn1.Nc1ccc(B(O)O)cc1. The van der Waals surface area contributed by atoms with Crippen LogP contribution in [-0.2, 0) is 14.1 Å². The summed E-state index contributed by atoms with van der Waals surface area (Å²) in [4.78, 5) is 8.36. The van der Waals surface area contributed by atoms with Crippen molar-refractivity contribution in [3.63, 3.8) is 0 Å². The van der Waals surface area contributed by atoms with Gasteiger partial charge in [-0.1, -0.05) is 35.9 Å². The lowest BCUT2D eigenvalue weighted by Crippen LogP contribution is -2.29. The molecule has 48 heavy (non-hydrogen) atoms. The molecule has 0 unspecified atom stereocenters. The summed E-state index contributed by atoms with van der Waals surface area (Å²) in [6.45, 7) is 0. The van der Waals surface area contributed by atoms with Gasteiger partial charge in [0.25, 0.3) is 0 Å². The van der Waals surface area contributed by atoms with E-state index in [4.69, 9.17) is 33.1 Å². The molecule has 0 saturated carbocycles. The van der Waals surface area contributed by atoms with E-state index in [2.05, 4.69) is 36.4 Å². The molecule has 6 N–H and O–H groups in total. The summed E-state index contributed by atoms with van der Waals surface area (Å²) in [7, 11) is 2.38. The summed E-state index contributed by atoms with van der Waals surface area (Å²) in [5.74, 6) is 0. The number of aromatic nitrogens is 10. The van der Waals surface area contributed by atoms with Crippen LogP contribution in [0.25, 0.3) is 44.5 Å². The van der Waals surface area contributed by atoms with Crippen LogP contribution in [0.1, 0.15) is 0 Å². The van der Waals surface area contributed by atoms with E-state index in [0.29, 0.717) is 16.3 Å². The number of halogens is 1. The van der Waals surface area contributed by atoms with E-state index >= 15 is 0 Å². The number of benzene rings is 2. The van der Waals surface area contributed by atoms with Crippen molar-refractivity contribution < 1.29 is 10.0 Å². The van der Waals surface area contributed by atoms with Crippen LogP contribution in [0.4, 0.5) is 11.4 Å². The second kappa shape index (κ2) is 13.8. The quantitative estimate of drug-likeness (QED) is 0.161. The number of hydrogen-bond donors (Lipinski definition) is 4. The lowest BCUT2D eigenvalue weighted by atomic mass is 9.80. The topological polar surface area (TPSA) is 189 Å². The highest BCUT2D eigenvalue weighted by atomic mass is 35.5. The lowest BCUT2D eigenvalue weighted by Gasteiger charge is -2.03. The molecule has 6 heterocycles. The van der Waals surface area contributed by atoms with Gasteiger partial charge in [-0.3, -0.25) is 9.36 Å². The zero-order valence-corrected chi connectivity index (χ0v) is 26.6. The van der Waals surface area contributed by atoms with Gasteiger partial charge >= 0.3 is 7.12 Å². The normalized spacial score (nSPS) is 10.8. The molecule has 0 aliphatic rings. The first-order chi connectivity index (χ1) is 23.1. The molecule has 0 spiro atoms. The van der Waals surface area contributed by atoms with E-state index in [1.54, 1.807) is 50.7 Å². The Morgan fingerprint density at radius 3 is 1.60 bits per heavy atom. The monoisotopic (exact) mass is 660 g/mol. The van der Waals surface area contributed by atoms with Crippen molar-refractivity contribution in [1.29, 1.82) is 0 Å². The minimum atomic E-state index is -1.40. The number of anilines is 2. The van der Waals surface area contributed by atoms with Crippen LogP contribution in [0.3, 0.4) is 0 Å². The van der Waals surface area contributed by atoms with Gasteiger partial charge in [-0.05, 0) is 41.9 Å². The van der Waals surface area contributed by atoms with Gasteiger partial charge in [0.1, 0.15) is 18.2 Å². The third-order valence-corrected chi connectivity index (χ3v) is 7.55. The first-order valence-electron chi connectivity index (χ1n) is 14.5. The van der Waals surface area contributed by atoms with Crippen LogP contribution in [0, 0.1) is 0 Å². The predicted molar refractivity (Wildman–Crippen MR) is 186 cm³/mol. The Morgan fingerprint density at radius 2 is 1.10 bits per heavy atom. The maximum Gasteiger partial charge on any atom is 0.488 e. The lowest BCUT2D eigenvalue weighted by molar-refractivity contribution is 0.426. The van der Waals surface area contributed by atoms with E-state index < -0.39 is 7.12 Å². The molecule has 0 radical (unpaired) electrons. The minimum absolute atomic E-state index is 0.449. The molecule has 2 aromatic carbocycles. The fourth-order valence-electron chi connectivity index (χ4n) is 4.82. The number of nitrogens with two attached hydrogens (primary N) is 2. The predicted octanol–water partition coefficient (Wildman–Crippen LogP) is 3.11. The molecule has 6 aromatic heterocycles. The van der Waals surface area contributed by atoms with Gasteiger partial charge in [0.2, 0.25) is 0 Å². The van der Waals surface area contributed by atoms with Crippen molar-refractivity contribution in [3.8, 4) is 33.5 Å². The third kappa shape index (κ3) is 7.18. The zero-order chi connectivity index (χ0) is 33.8. The van der Waals surface area contributed by atoms with Crippen LogP contribution < -0.4 is 16.9 Å². The van der Waals surface area contributed by atoms with Crippen molar-refractivity contribution in [3.05, 3.63) is 116 Å². The molecule has 0 bridgehead atoms. The average Bonchev–Trinajstić information content (AvgIpc) is 3.89. The van der Waals surface area contributed by atoms with Gasteiger partial charge in [0, 0.05) is 78.1 Å². The Bertz CT molecular complexity index is 2290. The number of fused-ring (bicyclic) bond motifs is 2. The highest BCUT2D eigenvalue weighted by Crippen LogP contribution is 2.28. The highest BCUT2D eigenvalue weighted by molar-refractivity contribution is 6.58.